The van der Waals surface area contributed by atoms with Crippen molar-refractivity contribution in [3.05, 3.63) is 76.5 Å². The van der Waals surface area contributed by atoms with Crippen molar-refractivity contribution in [3.8, 4) is 11.4 Å². The first kappa shape index (κ1) is 21.1. The van der Waals surface area contributed by atoms with E-state index < -0.39 is 0 Å². The quantitative estimate of drug-likeness (QED) is 0.372. The van der Waals surface area contributed by atoms with Gasteiger partial charge in [-0.05, 0) is 43.5 Å². The van der Waals surface area contributed by atoms with Crippen LogP contribution in [0.3, 0.4) is 0 Å². The molecular weight excluding hydrogens is 448 g/mol. The van der Waals surface area contributed by atoms with Gasteiger partial charge in [-0.1, -0.05) is 30.0 Å². The van der Waals surface area contributed by atoms with Gasteiger partial charge in [0.15, 0.2) is 11.0 Å². The zero-order valence-electron chi connectivity index (χ0n) is 18.8. The third kappa shape index (κ3) is 3.91. The molecule has 0 bridgehead atoms. The summed E-state index contributed by atoms with van der Waals surface area (Å²) in [5.74, 6) is 1.34. The molecule has 5 heterocycles. The van der Waals surface area contributed by atoms with E-state index >= 15 is 0 Å². The molecule has 1 N–H and O–H groups in total. The van der Waals surface area contributed by atoms with Gasteiger partial charge in [0.1, 0.15) is 5.65 Å². The Hall–Kier alpha value is -3.43. The normalized spacial score (nSPS) is 16.1. The van der Waals surface area contributed by atoms with Crippen molar-refractivity contribution in [1.82, 2.24) is 29.1 Å². The summed E-state index contributed by atoms with van der Waals surface area (Å²) >= 11 is 1.54. The molecule has 1 aliphatic heterocycles. The number of hydrogen-bond acceptors (Lipinski definition) is 6. The summed E-state index contributed by atoms with van der Waals surface area (Å²) in [4.78, 5) is 20.6. The summed E-state index contributed by atoms with van der Waals surface area (Å²) < 4.78 is 9.64. The summed E-state index contributed by atoms with van der Waals surface area (Å²) in [5.41, 5.74) is 4.45. The Morgan fingerprint density at radius 3 is 3.00 bits per heavy atom. The standard InChI is InChI=1S/C25H24N6O2S/c1-16-8-9-30-22(11-16)27-17(12-23(30)32)15-34-25-29-28-24(31(25)14-18-5-4-10-33-18)20-13-26-21-7-3-2-6-19(20)21/h2-3,6-9,11-13,18,26H,4-5,10,14-15H2,1H3. The second kappa shape index (κ2) is 8.73. The van der Waals surface area contributed by atoms with E-state index in [0.29, 0.717) is 17.9 Å². The zero-order chi connectivity index (χ0) is 23.1. The van der Waals surface area contributed by atoms with Crippen molar-refractivity contribution in [3.63, 3.8) is 0 Å². The predicted molar refractivity (Wildman–Crippen MR) is 132 cm³/mol. The van der Waals surface area contributed by atoms with Crippen molar-refractivity contribution in [2.24, 2.45) is 0 Å². The Bertz CT molecular complexity index is 1550. The van der Waals surface area contributed by atoms with Crippen molar-refractivity contribution in [1.29, 1.82) is 0 Å². The Balaban J connectivity index is 1.35. The van der Waals surface area contributed by atoms with Crippen molar-refractivity contribution < 1.29 is 4.74 Å². The molecule has 8 nitrogen and oxygen atoms in total. The zero-order valence-corrected chi connectivity index (χ0v) is 19.6. The molecule has 0 saturated carbocycles. The van der Waals surface area contributed by atoms with Crippen molar-refractivity contribution in [2.75, 3.05) is 6.61 Å². The largest absolute Gasteiger partial charge is 0.376 e. The van der Waals surface area contributed by atoms with Gasteiger partial charge in [0, 0.05) is 47.3 Å². The van der Waals surface area contributed by atoms with E-state index in [0.717, 1.165) is 58.2 Å². The van der Waals surface area contributed by atoms with Crippen LogP contribution >= 0.6 is 11.8 Å². The number of pyridine rings is 1. The predicted octanol–water partition coefficient (Wildman–Crippen LogP) is 4.21. The van der Waals surface area contributed by atoms with E-state index in [4.69, 9.17) is 9.72 Å². The number of rotatable bonds is 6. The van der Waals surface area contributed by atoms with Gasteiger partial charge in [-0.3, -0.25) is 13.8 Å². The molecule has 1 aliphatic rings. The summed E-state index contributed by atoms with van der Waals surface area (Å²) in [5, 5.41) is 11.0. The average molecular weight is 473 g/mol. The number of H-pyrrole nitrogens is 1. The molecule has 1 unspecified atom stereocenters. The van der Waals surface area contributed by atoms with Crippen LogP contribution in [0, 0.1) is 6.92 Å². The van der Waals surface area contributed by atoms with Crippen LogP contribution in [0.5, 0.6) is 0 Å². The fourth-order valence-corrected chi connectivity index (χ4v) is 5.31. The van der Waals surface area contributed by atoms with E-state index in [9.17, 15) is 4.79 Å². The number of nitrogens with zero attached hydrogens (tertiary/aromatic N) is 5. The van der Waals surface area contributed by atoms with Crippen molar-refractivity contribution in [2.45, 2.75) is 43.3 Å². The lowest BCUT2D eigenvalue weighted by molar-refractivity contribution is 0.0953. The van der Waals surface area contributed by atoms with Gasteiger partial charge >= 0.3 is 0 Å². The maximum absolute atomic E-state index is 12.6. The minimum atomic E-state index is -0.0825. The smallest absolute Gasteiger partial charge is 0.258 e. The Labute approximate surface area is 200 Å². The molecule has 0 aliphatic carbocycles. The van der Waals surface area contributed by atoms with Crippen LogP contribution in [0.15, 0.2) is 64.8 Å². The summed E-state index contributed by atoms with van der Waals surface area (Å²) in [6.07, 6.45) is 6.00. The highest BCUT2D eigenvalue weighted by atomic mass is 32.2. The van der Waals surface area contributed by atoms with Crippen LogP contribution in [0.1, 0.15) is 24.1 Å². The van der Waals surface area contributed by atoms with Gasteiger partial charge in [0.25, 0.3) is 5.56 Å². The second-order valence-corrected chi connectivity index (χ2v) is 9.55. The fraction of sp³-hybridized carbons (Fsp3) is 0.280. The molecule has 1 saturated heterocycles. The van der Waals surface area contributed by atoms with Crippen molar-refractivity contribution >= 4 is 28.3 Å². The van der Waals surface area contributed by atoms with Crippen LogP contribution in [0.2, 0.25) is 0 Å². The lowest BCUT2D eigenvalue weighted by atomic mass is 10.1. The summed E-state index contributed by atoms with van der Waals surface area (Å²) in [7, 11) is 0. The molecule has 1 fully saturated rings. The highest BCUT2D eigenvalue weighted by Gasteiger charge is 2.23. The van der Waals surface area contributed by atoms with Crippen LogP contribution in [0.25, 0.3) is 27.9 Å². The molecule has 1 aromatic carbocycles. The first-order valence-electron chi connectivity index (χ1n) is 11.4. The van der Waals surface area contributed by atoms with Gasteiger partial charge in [0.2, 0.25) is 0 Å². The van der Waals surface area contributed by atoms with Gasteiger partial charge in [-0.15, -0.1) is 10.2 Å². The SMILES string of the molecule is Cc1ccn2c(=O)cc(CSc3nnc(-c4c[nH]c5ccccc45)n3CC3CCCO3)nc2c1. The molecule has 9 heteroatoms. The lowest BCUT2D eigenvalue weighted by Gasteiger charge is -2.14. The topological polar surface area (TPSA) is 90.1 Å². The lowest BCUT2D eigenvalue weighted by Crippen LogP contribution is -2.17. The highest BCUT2D eigenvalue weighted by molar-refractivity contribution is 7.98. The average Bonchev–Trinajstić information content (AvgIpc) is 3.58. The minimum absolute atomic E-state index is 0.0825. The van der Waals surface area contributed by atoms with Crippen LogP contribution in [-0.4, -0.2) is 41.8 Å². The maximum atomic E-state index is 12.6. The third-order valence-electron chi connectivity index (χ3n) is 6.18. The van der Waals surface area contributed by atoms with Crippen LogP contribution < -0.4 is 5.56 Å². The molecule has 6 rings (SSSR count). The molecule has 5 aromatic rings. The number of aryl methyl sites for hydroxylation is 1. The number of hydrogen-bond donors (Lipinski definition) is 1. The molecule has 4 aromatic heterocycles. The first-order valence-corrected chi connectivity index (χ1v) is 12.4. The Morgan fingerprint density at radius 2 is 2.12 bits per heavy atom. The first-order chi connectivity index (χ1) is 16.7. The molecule has 34 heavy (non-hydrogen) atoms. The van der Waals surface area contributed by atoms with Crippen LogP contribution in [-0.2, 0) is 17.0 Å². The van der Waals surface area contributed by atoms with E-state index in [2.05, 4.69) is 31.9 Å². The highest BCUT2D eigenvalue weighted by Crippen LogP contribution is 2.32. The minimum Gasteiger partial charge on any atom is -0.376 e. The number of aromatic nitrogens is 6. The van der Waals surface area contributed by atoms with E-state index in [1.165, 1.54) is 0 Å². The molecule has 1 atom stereocenters. The van der Waals surface area contributed by atoms with E-state index in [1.54, 1.807) is 28.4 Å². The summed E-state index contributed by atoms with van der Waals surface area (Å²) in [6.45, 7) is 3.48. The number of benzene rings is 1. The summed E-state index contributed by atoms with van der Waals surface area (Å²) in [6, 6.07) is 13.6. The second-order valence-electron chi connectivity index (χ2n) is 8.61. The molecule has 0 radical (unpaired) electrons. The van der Waals surface area contributed by atoms with Crippen LogP contribution in [0.4, 0.5) is 0 Å². The molecule has 0 amide bonds. The van der Waals surface area contributed by atoms with Gasteiger partial charge < -0.3 is 9.72 Å². The maximum Gasteiger partial charge on any atom is 0.258 e. The number of ether oxygens (including phenoxy) is 1. The molecular formula is C25H24N6O2S. The van der Waals surface area contributed by atoms with E-state index in [1.807, 2.05) is 37.4 Å². The third-order valence-corrected chi connectivity index (χ3v) is 7.18. The number of para-hydroxylation sites is 1. The monoisotopic (exact) mass is 472 g/mol. The molecule has 172 valence electrons. The number of fused-ring (bicyclic) bond motifs is 2. The molecule has 0 spiro atoms. The number of aromatic amines is 1. The number of thioether (sulfide) groups is 1. The fourth-order valence-electron chi connectivity index (χ4n) is 4.47. The Kier molecular flexibility index (Phi) is 5.43. The number of nitrogens with one attached hydrogen (secondary N) is 1. The van der Waals surface area contributed by atoms with Gasteiger partial charge in [-0.2, -0.15) is 0 Å². The Morgan fingerprint density at radius 1 is 1.21 bits per heavy atom. The van der Waals surface area contributed by atoms with Gasteiger partial charge in [0.05, 0.1) is 18.3 Å². The van der Waals surface area contributed by atoms with E-state index in [-0.39, 0.29) is 11.7 Å². The van der Waals surface area contributed by atoms with Gasteiger partial charge in [-0.25, -0.2) is 4.98 Å².